The highest BCUT2D eigenvalue weighted by Gasteiger charge is 2.16. The first kappa shape index (κ1) is 29.8. The van der Waals surface area contributed by atoms with E-state index in [1.165, 1.54) is 25.3 Å². The monoisotopic (exact) mass is 504 g/mol. The van der Waals surface area contributed by atoms with Gasteiger partial charge in [-0.25, -0.2) is 4.79 Å². The highest BCUT2D eigenvalue weighted by Crippen LogP contribution is 2.19. The molecule has 0 bridgehead atoms. The summed E-state index contributed by atoms with van der Waals surface area (Å²) < 4.78 is 6.66. The van der Waals surface area contributed by atoms with Crippen LogP contribution in [0.1, 0.15) is 37.2 Å². The van der Waals surface area contributed by atoms with Gasteiger partial charge in [-0.2, -0.15) is 9.78 Å². The lowest BCUT2D eigenvalue weighted by molar-refractivity contribution is 0.0519. The first-order valence-electron chi connectivity index (χ1n) is 10.9. The number of nitrogens with zero attached hydrogens (tertiary/aromatic N) is 3. The van der Waals surface area contributed by atoms with E-state index < -0.39 is 23.3 Å². The molecule has 1 heterocycles. The molecule has 1 amide bonds. The Labute approximate surface area is 209 Å². The molecule has 0 spiro atoms. The number of amides is 1. The lowest BCUT2D eigenvalue weighted by Gasteiger charge is -2.13. The molecule has 9 nitrogen and oxygen atoms in total. The average Bonchev–Trinajstić information content (AvgIpc) is 2.84. The third-order valence-electron chi connectivity index (χ3n) is 4.70. The van der Waals surface area contributed by atoms with Crippen molar-refractivity contribution >= 4 is 17.5 Å². The molecule has 190 valence electrons. The number of hydrogen-bond donors (Lipinski definition) is 2. The quantitative estimate of drug-likeness (QED) is 0.463. The van der Waals surface area contributed by atoms with Crippen LogP contribution in [0.15, 0.2) is 64.3 Å². The van der Waals surface area contributed by atoms with Crippen LogP contribution >= 0.6 is 11.6 Å². The number of nitrogens with one attached hydrogen (secondary N) is 1. The maximum absolute atomic E-state index is 12.8. The summed E-state index contributed by atoms with van der Waals surface area (Å²) in [5.74, 6) is -0.398. The Morgan fingerprint density at radius 2 is 1.86 bits per heavy atom. The van der Waals surface area contributed by atoms with Gasteiger partial charge in [0.1, 0.15) is 6.20 Å². The van der Waals surface area contributed by atoms with Gasteiger partial charge in [0.25, 0.3) is 11.5 Å². The highest BCUT2D eigenvalue weighted by molar-refractivity contribution is 6.33. The molecule has 3 rings (SSSR count). The number of aliphatic hydroxyl groups excluding tert-OH is 1. The number of carbonyl (C=O) groups excluding carboxylic acids is 1. The molecular formula is C25H33ClN4O5. The standard InChI is InChI=1S/C22H23ClN4O5.C2H6.CH4/c1-32-14-17(28)13-26-20(29)12-25-27(22(26)31)16-7-8-19(23)18(11-16)21(30)24-10-9-15-5-3-2-4-6-15;1-2;/h2-8,11-12,17,28H,9-10,13-14H2,1H3,(H,24,30);1-2H3;1H4. The number of rotatable bonds is 9. The van der Waals surface area contributed by atoms with Crippen LogP contribution < -0.4 is 16.6 Å². The van der Waals surface area contributed by atoms with E-state index in [1.54, 1.807) is 0 Å². The summed E-state index contributed by atoms with van der Waals surface area (Å²) >= 11 is 6.20. The number of aromatic nitrogens is 3. The fourth-order valence-corrected chi connectivity index (χ4v) is 3.32. The molecule has 1 unspecified atom stereocenters. The van der Waals surface area contributed by atoms with Crippen molar-refractivity contribution in [1.29, 1.82) is 0 Å². The number of halogens is 1. The largest absolute Gasteiger partial charge is 0.389 e. The summed E-state index contributed by atoms with van der Waals surface area (Å²) in [6, 6.07) is 14.1. The van der Waals surface area contributed by atoms with E-state index in [4.69, 9.17) is 16.3 Å². The van der Waals surface area contributed by atoms with Crippen molar-refractivity contribution in [2.75, 3.05) is 20.3 Å². The van der Waals surface area contributed by atoms with Gasteiger partial charge in [0.2, 0.25) is 0 Å². The van der Waals surface area contributed by atoms with Crippen molar-refractivity contribution in [1.82, 2.24) is 19.7 Å². The van der Waals surface area contributed by atoms with Crippen LogP contribution in [-0.2, 0) is 17.7 Å². The second-order valence-corrected chi connectivity index (χ2v) is 7.46. The minimum absolute atomic E-state index is 0. The molecule has 10 heteroatoms. The third-order valence-corrected chi connectivity index (χ3v) is 5.02. The highest BCUT2D eigenvalue weighted by atomic mass is 35.5. The van der Waals surface area contributed by atoms with Gasteiger partial charge in [0, 0.05) is 13.7 Å². The molecule has 0 saturated heterocycles. The Hall–Kier alpha value is -3.27. The SMILES string of the molecule is C.CC.COCC(O)Cn1c(=O)cnn(-c2ccc(Cl)c(C(=O)NCCc3ccccc3)c2)c1=O. The lowest BCUT2D eigenvalue weighted by atomic mass is 10.1. The van der Waals surface area contributed by atoms with Gasteiger partial charge in [0.15, 0.2) is 0 Å². The van der Waals surface area contributed by atoms with E-state index in [9.17, 15) is 19.5 Å². The zero-order chi connectivity index (χ0) is 25.1. The van der Waals surface area contributed by atoms with Crippen molar-refractivity contribution in [2.45, 2.75) is 40.3 Å². The number of methoxy groups -OCH3 is 1. The average molecular weight is 505 g/mol. The summed E-state index contributed by atoms with van der Waals surface area (Å²) in [7, 11) is 1.40. The van der Waals surface area contributed by atoms with Crippen molar-refractivity contribution in [2.24, 2.45) is 0 Å². The Kier molecular flexibility index (Phi) is 12.6. The van der Waals surface area contributed by atoms with Crippen molar-refractivity contribution in [3.8, 4) is 5.69 Å². The molecule has 0 aliphatic carbocycles. The van der Waals surface area contributed by atoms with Gasteiger partial charge < -0.3 is 15.2 Å². The van der Waals surface area contributed by atoms with Gasteiger partial charge >= 0.3 is 5.69 Å². The second-order valence-electron chi connectivity index (χ2n) is 7.05. The van der Waals surface area contributed by atoms with Gasteiger partial charge in [-0.15, -0.1) is 0 Å². The molecule has 0 saturated carbocycles. The summed E-state index contributed by atoms with van der Waals surface area (Å²) in [5, 5.41) is 16.8. The molecule has 1 aromatic heterocycles. The minimum Gasteiger partial charge on any atom is -0.389 e. The molecule has 0 aliphatic rings. The fraction of sp³-hybridized carbons (Fsp3) is 0.360. The number of benzene rings is 2. The predicted molar refractivity (Wildman–Crippen MR) is 138 cm³/mol. The van der Waals surface area contributed by atoms with E-state index in [0.29, 0.717) is 13.0 Å². The van der Waals surface area contributed by atoms with Gasteiger partial charge in [-0.05, 0) is 30.2 Å². The van der Waals surface area contributed by atoms with Crippen LogP contribution in [0.25, 0.3) is 5.69 Å². The molecule has 1 atom stereocenters. The van der Waals surface area contributed by atoms with E-state index in [0.717, 1.165) is 21.0 Å². The minimum atomic E-state index is -1.04. The number of aliphatic hydroxyl groups is 1. The van der Waals surface area contributed by atoms with Crippen LogP contribution in [0.5, 0.6) is 0 Å². The fourth-order valence-electron chi connectivity index (χ4n) is 3.12. The van der Waals surface area contributed by atoms with Gasteiger partial charge in [-0.3, -0.25) is 14.2 Å². The van der Waals surface area contributed by atoms with Crippen LogP contribution in [0, 0.1) is 0 Å². The zero-order valence-electron chi connectivity index (χ0n) is 19.4. The third kappa shape index (κ3) is 8.17. The second kappa shape index (κ2) is 14.9. The Morgan fingerprint density at radius 3 is 2.51 bits per heavy atom. The molecule has 35 heavy (non-hydrogen) atoms. The van der Waals surface area contributed by atoms with E-state index in [-0.39, 0.29) is 36.9 Å². The van der Waals surface area contributed by atoms with E-state index >= 15 is 0 Å². The molecule has 0 aliphatic heterocycles. The van der Waals surface area contributed by atoms with Crippen LogP contribution in [-0.4, -0.2) is 51.7 Å². The number of ether oxygens (including phenoxy) is 1. The summed E-state index contributed by atoms with van der Waals surface area (Å²) in [5.41, 5.74) is 0.0895. The molecule has 0 radical (unpaired) electrons. The topological polar surface area (TPSA) is 115 Å². The molecule has 2 aromatic carbocycles. The molecular weight excluding hydrogens is 472 g/mol. The summed E-state index contributed by atoms with van der Waals surface area (Å²) in [6.07, 6.45) is 0.576. The molecule has 0 fully saturated rings. The zero-order valence-corrected chi connectivity index (χ0v) is 20.2. The van der Waals surface area contributed by atoms with Crippen molar-refractivity contribution < 1.29 is 14.6 Å². The van der Waals surface area contributed by atoms with Crippen LogP contribution in [0.2, 0.25) is 5.02 Å². The first-order valence-corrected chi connectivity index (χ1v) is 11.3. The Bertz CT molecular complexity index is 1190. The molecule has 2 N–H and O–H groups in total. The van der Waals surface area contributed by atoms with Crippen molar-refractivity contribution in [3.05, 3.63) is 91.7 Å². The van der Waals surface area contributed by atoms with Crippen molar-refractivity contribution in [3.63, 3.8) is 0 Å². The van der Waals surface area contributed by atoms with Crippen LogP contribution in [0.4, 0.5) is 0 Å². The normalized spacial score (nSPS) is 11.0. The maximum atomic E-state index is 12.8. The Morgan fingerprint density at radius 1 is 1.17 bits per heavy atom. The first-order chi connectivity index (χ1) is 16.4. The number of hydrogen-bond acceptors (Lipinski definition) is 6. The van der Waals surface area contributed by atoms with Gasteiger partial charge in [0.05, 0.1) is 35.5 Å². The smallest absolute Gasteiger partial charge is 0.352 e. The predicted octanol–water partition coefficient (Wildman–Crippen LogP) is 2.69. The van der Waals surface area contributed by atoms with E-state index in [2.05, 4.69) is 10.4 Å². The number of carbonyl (C=O) groups is 1. The van der Waals surface area contributed by atoms with Crippen LogP contribution in [0.3, 0.4) is 0 Å². The summed E-state index contributed by atoms with van der Waals surface area (Å²) in [4.78, 5) is 37.5. The van der Waals surface area contributed by atoms with E-state index in [1.807, 2.05) is 44.2 Å². The lowest BCUT2D eigenvalue weighted by Crippen LogP contribution is -2.43. The summed E-state index contributed by atoms with van der Waals surface area (Å²) in [6.45, 7) is 4.11. The van der Waals surface area contributed by atoms with Gasteiger partial charge in [-0.1, -0.05) is 63.2 Å². The maximum Gasteiger partial charge on any atom is 0.352 e. The Balaban J connectivity index is 0.00000199. The molecule has 3 aromatic rings.